The first kappa shape index (κ1) is 19.0. The maximum atomic E-state index is 12.9. The van der Waals surface area contributed by atoms with Crippen LogP contribution in [0.5, 0.6) is 0 Å². The number of pyridine rings is 1. The van der Waals surface area contributed by atoms with Crippen LogP contribution in [0.3, 0.4) is 0 Å². The van der Waals surface area contributed by atoms with Gasteiger partial charge in [-0.3, -0.25) is 14.6 Å². The van der Waals surface area contributed by atoms with E-state index in [0.29, 0.717) is 18.0 Å². The zero-order chi connectivity index (χ0) is 19.1. The van der Waals surface area contributed by atoms with E-state index in [0.717, 1.165) is 24.9 Å². The smallest absolute Gasteiger partial charge is 0.253 e. The molecule has 142 valence electrons. The number of rotatable bonds is 6. The summed E-state index contributed by atoms with van der Waals surface area (Å²) in [5.41, 5.74) is 1.45. The lowest BCUT2D eigenvalue weighted by molar-refractivity contribution is -0.123. The summed E-state index contributed by atoms with van der Waals surface area (Å²) < 4.78 is 0. The van der Waals surface area contributed by atoms with E-state index in [4.69, 9.17) is 0 Å². The number of nitrogens with one attached hydrogen (secondary N) is 3. The quantitative estimate of drug-likeness (QED) is 0.726. The van der Waals surface area contributed by atoms with Crippen molar-refractivity contribution in [3.05, 3.63) is 66.0 Å². The predicted octanol–water partition coefficient (Wildman–Crippen LogP) is 1.68. The van der Waals surface area contributed by atoms with Gasteiger partial charge in [0.2, 0.25) is 5.91 Å². The van der Waals surface area contributed by atoms with E-state index >= 15 is 0 Å². The number of benzene rings is 1. The summed E-state index contributed by atoms with van der Waals surface area (Å²) in [6.07, 6.45) is 5.34. The van der Waals surface area contributed by atoms with Crippen molar-refractivity contribution < 1.29 is 9.59 Å². The molecule has 3 unspecified atom stereocenters. The van der Waals surface area contributed by atoms with Crippen LogP contribution in [0.1, 0.15) is 35.7 Å². The molecule has 6 heteroatoms. The fourth-order valence-corrected chi connectivity index (χ4v) is 3.36. The zero-order valence-corrected chi connectivity index (χ0v) is 15.5. The molecule has 0 bridgehead atoms. The Bertz CT molecular complexity index is 751. The standard InChI is InChI=1S/C21H26N4O2/c1-15-12-18(9-11-23-15)24-21(27)19(13-16-6-3-2-4-7-16)25-20(26)17-8-5-10-22-14-17/h2-8,10,14-15,18-19,23H,9,11-13H2,1H3,(H,24,27)(H,25,26). The van der Waals surface area contributed by atoms with Crippen molar-refractivity contribution in [2.45, 2.75) is 44.3 Å². The monoisotopic (exact) mass is 366 g/mol. The molecule has 0 radical (unpaired) electrons. The molecule has 3 atom stereocenters. The van der Waals surface area contributed by atoms with Crippen molar-refractivity contribution in [3.8, 4) is 0 Å². The van der Waals surface area contributed by atoms with Crippen LogP contribution >= 0.6 is 0 Å². The molecule has 1 aliphatic heterocycles. The van der Waals surface area contributed by atoms with Gasteiger partial charge in [-0.1, -0.05) is 30.3 Å². The maximum Gasteiger partial charge on any atom is 0.253 e. The summed E-state index contributed by atoms with van der Waals surface area (Å²) in [7, 11) is 0. The van der Waals surface area contributed by atoms with Crippen molar-refractivity contribution in [3.63, 3.8) is 0 Å². The Morgan fingerprint density at radius 2 is 2.04 bits per heavy atom. The molecule has 1 aromatic heterocycles. The number of carbonyl (C=O) groups is 2. The first-order chi connectivity index (χ1) is 13.1. The van der Waals surface area contributed by atoms with E-state index in [1.807, 2.05) is 30.3 Å². The summed E-state index contributed by atoms with van der Waals surface area (Å²) in [5, 5.41) is 9.37. The van der Waals surface area contributed by atoms with Crippen LogP contribution in [0.4, 0.5) is 0 Å². The van der Waals surface area contributed by atoms with E-state index in [1.54, 1.807) is 18.3 Å². The molecule has 1 aliphatic rings. The van der Waals surface area contributed by atoms with Gasteiger partial charge < -0.3 is 16.0 Å². The van der Waals surface area contributed by atoms with Gasteiger partial charge in [-0.05, 0) is 44.0 Å². The molecule has 2 amide bonds. The van der Waals surface area contributed by atoms with Gasteiger partial charge in [0.15, 0.2) is 0 Å². The van der Waals surface area contributed by atoms with Crippen molar-refractivity contribution in [2.75, 3.05) is 6.54 Å². The minimum absolute atomic E-state index is 0.127. The molecule has 0 saturated carbocycles. The fourth-order valence-electron chi connectivity index (χ4n) is 3.36. The number of aromatic nitrogens is 1. The van der Waals surface area contributed by atoms with E-state index in [2.05, 4.69) is 27.9 Å². The molecule has 2 aromatic rings. The average Bonchev–Trinajstić information content (AvgIpc) is 2.69. The van der Waals surface area contributed by atoms with Crippen molar-refractivity contribution in [2.24, 2.45) is 0 Å². The third-order valence-corrected chi connectivity index (χ3v) is 4.80. The Morgan fingerprint density at radius 3 is 2.74 bits per heavy atom. The predicted molar refractivity (Wildman–Crippen MR) is 104 cm³/mol. The lowest BCUT2D eigenvalue weighted by atomic mass is 9.99. The van der Waals surface area contributed by atoms with E-state index in [9.17, 15) is 9.59 Å². The SMILES string of the molecule is CC1CC(NC(=O)C(Cc2ccccc2)NC(=O)c2cccnc2)CCN1. The largest absolute Gasteiger partial charge is 0.351 e. The van der Waals surface area contributed by atoms with Gasteiger partial charge in [0.1, 0.15) is 6.04 Å². The van der Waals surface area contributed by atoms with Crippen LogP contribution in [0, 0.1) is 0 Å². The van der Waals surface area contributed by atoms with Crippen LogP contribution in [-0.4, -0.2) is 41.5 Å². The first-order valence-electron chi connectivity index (χ1n) is 9.40. The number of amides is 2. The Morgan fingerprint density at radius 1 is 1.22 bits per heavy atom. The van der Waals surface area contributed by atoms with E-state index in [1.165, 1.54) is 6.20 Å². The molecule has 1 aromatic carbocycles. The number of hydrogen-bond acceptors (Lipinski definition) is 4. The average molecular weight is 366 g/mol. The molecule has 3 N–H and O–H groups in total. The summed E-state index contributed by atoms with van der Waals surface area (Å²) in [6.45, 7) is 3.00. The first-order valence-corrected chi connectivity index (χ1v) is 9.40. The highest BCUT2D eigenvalue weighted by Crippen LogP contribution is 2.10. The zero-order valence-electron chi connectivity index (χ0n) is 15.5. The van der Waals surface area contributed by atoms with E-state index < -0.39 is 6.04 Å². The van der Waals surface area contributed by atoms with Crippen LogP contribution in [0.15, 0.2) is 54.9 Å². The number of nitrogens with zero attached hydrogens (tertiary/aromatic N) is 1. The summed E-state index contributed by atoms with van der Waals surface area (Å²) >= 11 is 0. The Balaban J connectivity index is 1.70. The molecule has 1 fully saturated rings. The lowest BCUT2D eigenvalue weighted by Crippen LogP contribution is -2.53. The number of carbonyl (C=O) groups excluding carboxylic acids is 2. The molecular weight excluding hydrogens is 340 g/mol. The lowest BCUT2D eigenvalue weighted by Gasteiger charge is -2.30. The molecule has 0 spiro atoms. The second kappa shape index (κ2) is 9.28. The number of hydrogen-bond donors (Lipinski definition) is 3. The molecule has 2 heterocycles. The molecule has 1 saturated heterocycles. The van der Waals surface area contributed by atoms with Crippen LogP contribution < -0.4 is 16.0 Å². The molecule has 3 rings (SSSR count). The Kier molecular flexibility index (Phi) is 6.54. The molecule has 27 heavy (non-hydrogen) atoms. The van der Waals surface area contributed by atoms with Gasteiger partial charge in [0.05, 0.1) is 5.56 Å². The summed E-state index contributed by atoms with van der Waals surface area (Å²) in [4.78, 5) is 29.5. The van der Waals surface area contributed by atoms with Crippen LogP contribution in [-0.2, 0) is 11.2 Å². The summed E-state index contributed by atoms with van der Waals surface area (Å²) in [6, 6.07) is 13.0. The second-order valence-electron chi connectivity index (χ2n) is 7.04. The van der Waals surface area contributed by atoms with Gasteiger partial charge in [0.25, 0.3) is 5.91 Å². The highest BCUT2D eigenvalue weighted by atomic mass is 16.2. The Hall–Kier alpha value is -2.73. The van der Waals surface area contributed by atoms with Gasteiger partial charge in [-0.15, -0.1) is 0 Å². The summed E-state index contributed by atoms with van der Waals surface area (Å²) in [5.74, 6) is -0.437. The van der Waals surface area contributed by atoms with Gasteiger partial charge in [-0.25, -0.2) is 0 Å². The highest BCUT2D eigenvalue weighted by Gasteiger charge is 2.26. The molecule has 6 nitrogen and oxygen atoms in total. The van der Waals surface area contributed by atoms with Gasteiger partial charge >= 0.3 is 0 Å². The van der Waals surface area contributed by atoms with Crippen molar-refractivity contribution in [1.29, 1.82) is 0 Å². The molecular formula is C21H26N4O2. The minimum Gasteiger partial charge on any atom is -0.351 e. The van der Waals surface area contributed by atoms with Crippen LogP contribution in [0.2, 0.25) is 0 Å². The van der Waals surface area contributed by atoms with E-state index in [-0.39, 0.29) is 17.9 Å². The normalized spacial score (nSPS) is 20.5. The highest BCUT2D eigenvalue weighted by molar-refractivity contribution is 5.97. The van der Waals surface area contributed by atoms with Crippen molar-refractivity contribution in [1.82, 2.24) is 20.9 Å². The van der Waals surface area contributed by atoms with Crippen LogP contribution in [0.25, 0.3) is 0 Å². The maximum absolute atomic E-state index is 12.9. The topological polar surface area (TPSA) is 83.1 Å². The number of piperidine rings is 1. The third kappa shape index (κ3) is 5.62. The van der Waals surface area contributed by atoms with Gasteiger partial charge in [0, 0.05) is 30.9 Å². The minimum atomic E-state index is -0.634. The second-order valence-corrected chi connectivity index (χ2v) is 7.04. The third-order valence-electron chi connectivity index (χ3n) is 4.80. The Labute approximate surface area is 159 Å². The molecule has 0 aliphatic carbocycles. The van der Waals surface area contributed by atoms with Gasteiger partial charge in [-0.2, -0.15) is 0 Å². The fraction of sp³-hybridized carbons (Fsp3) is 0.381. The van der Waals surface area contributed by atoms with Crippen molar-refractivity contribution >= 4 is 11.8 Å².